The van der Waals surface area contributed by atoms with Crippen LogP contribution in [0, 0.1) is 0 Å². The summed E-state index contributed by atoms with van der Waals surface area (Å²) in [6.45, 7) is 0. The number of aromatic carboxylic acids is 1. The van der Waals surface area contributed by atoms with Crippen LogP contribution in [0.4, 0.5) is 16.2 Å². The van der Waals surface area contributed by atoms with E-state index in [1.54, 1.807) is 42.5 Å². The molecule has 3 amide bonds. The number of halogens is 1. The van der Waals surface area contributed by atoms with Crippen LogP contribution < -0.4 is 25.4 Å². The Morgan fingerprint density at radius 3 is 2.02 bits per heavy atom. The summed E-state index contributed by atoms with van der Waals surface area (Å²) < 4.78 is 13.1. The topological polar surface area (TPSA) is 126 Å². The highest BCUT2D eigenvalue weighted by atomic mass is 79.9. The van der Waals surface area contributed by atoms with Gasteiger partial charge in [-0.15, -0.1) is 0 Å². The van der Waals surface area contributed by atoms with Gasteiger partial charge in [-0.05, 0) is 104 Å². The summed E-state index contributed by atoms with van der Waals surface area (Å²) in [6, 6.07) is 28.2. The van der Waals surface area contributed by atoms with E-state index in [1.165, 1.54) is 6.07 Å². The zero-order valence-electron chi connectivity index (χ0n) is 23.8. The van der Waals surface area contributed by atoms with Crippen LogP contribution >= 0.6 is 15.9 Å². The standard InChI is InChI=1S/C34H32BrN3O6/c35-23-7-9-24(10-8-23)36-34(42)37-25-11-15-27(16-12-25)44-29-19-17-28(18-20-29)43-26-13-5-22(6-14-26)21-32(39)38-31-4-2-1-3-30(31)33(40)41/h1-10,13-14,17-20,25,27H,11-12,15-16,21H2,(H,38,39)(H,40,41)(H2,36,37,42). The normalized spacial score (nSPS) is 15.9. The van der Waals surface area contributed by atoms with Crippen LogP contribution in [0.2, 0.25) is 0 Å². The molecule has 1 fully saturated rings. The van der Waals surface area contributed by atoms with Crippen LogP contribution in [0.3, 0.4) is 0 Å². The van der Waals surface area contributed by atoms with Crippen molar-refractivity contribution >= 4 is 45.2 Å². The van der Waals surface area contributed by atoms with Gasteiger partial charge in [0.25, 0.3) is 0 Å². The molecule has 0 aliphatic heterocycles. The number of hydrogen-bond acceptors (Lipinski definition) is 5. The van der Waals surface area contributed by atoms with Crippen molar-refractivity contribution in [1.29, 1.82) is 0 Å². The van der Waals surface area contributed by atoms with E-state index in [9.17, 15) is 19.5 Å². The van der Waals surface area contributed by atoms with Crippen molar-refractivity contribution in [3.63, 3.8) is 0 Å². The zero-order chi connectivity index (χ0) is 30.9. The molecule has 0 radical (unpaired) electrons. The Morgan fingerprint density at radius 2 is 1.36 bits per heavy atom. The van der Waals surface area contributed by atoms with Crippen LogP contribution in [-0.4, -0.2) is 35.2 Å². The fraction of sp³-hybridized carbons (Fsp3) is 0.206. The maximum atomic E-state index is 12.5. The van der Waals surface area contributed by atoms with Gasteiger partial charge in [0.2, 0.25) is 5.91 Å². The third-order valence-electron chi connectivity index (χ3n) is 7.19. The molecule has 0 bridgehead atoms. The molecular formula is C34H32BrN3O6. The molecular weight excluding hydrogens is 626 g/mol. The highest BCUT2D eigenvalue weighted by Crippen LogP contribution is 2.28. The zero-order valence-corrected chi connectivity index (χ0v) is 25.4. The molecule has 0 aromatic heterocycles. The Hall–Kier alpha value is -4.83. The number of carbonyl (C=O) groups is 3. The van der Waals surface area contributed by atoms with Gasteiger partial charge in [-0.25, -0.2) is 9.59 Å². The predicted molar refractivity (Wildman–Crippen MR) is 172 cm³/mol. The van der Waals surface area contributed by atoms with E-state index in [4.69, 9.17) is 9.47 Å². The second-order valence-corrected chi connectivity index (χ2v) is 11.4. The summed E-state index contributed by atoms with van der Waals surface area (Å²) in [5.41, 5.74) is 1.82. The van der Waals surface area contributed by atoms with E-state index in [-0.39, 0.29) is 41.8 Å². The number of amides is 3. The fourth-order valence-corrected chi connectivity index (χ4v) is 5.22. The van der Waals surface area contributed by atoms with Gasteiger partial charge in [-0.3, -0.25) is 4.79 Å². The first-order valence-corrected chi connectivity index (χ1v) is 15.1. The number of anilines is 2. The number of hydrogen-bond donors (Lipinski definition) is 4. The number of carboxylic acid groups (broad SMARTS) is 1. The van der Waals surface area contributed by atoms with Crippen LogP contribution in [0.1, 0.15) is 41.6 Å². The molecule has 4 aromatic rings. The van der Waals surface area contributed by atoms with Crippen LogP contribution in [0.5, 0.6) is 17.2 Å². The minimum absolute atomic E-state index is 0.0419. The third kappa shape index (κ3) is 8.84. The summed E-state index contributed by atoms with van der Waals surface area (Å²) >= 11 is 3.39. The minimum Gasteiger partial charge on any atom is -0.490 e. The van der Waals surface area contributed by atoms with Crippen molar-refractivity contribution in [3.05, 3.63) is 113 Å². The first-order valence-electron chi connectivity index (χ1n) is 14.3. The maximum Gasteiger partial charge on any atom is 0.337 e. The third-order valence-corrected chi connectivity index (χ3v) is 7.72. The van der Waals surface area contributed by atoms with E-state index in [0.29, 0.717) is 11.5 Å². The number of para-hydroxylation sites is 1. The summed E-state index contributed by atoms with van der Waals surface area (Å²) in [5.74, 6) is 0.618. The quantitative estimate of drug-likeness (QED) is 0.139. The fourth-order valence-electron chi connectivity index (χ4n) is 4.96. The van der Waals surface area contributed by atoms with Crippen molar-refractivity contribution < 1.29 is 29.0 Å². The number of carbonyl (C=O) groups excluding carboxylic acids is 2. The number of ether oxygens (including phenoxy) is 2. The SMILES string of the molecule is O=C(Cc1ccc(Oc2ccc(OC3CCC(NC(=O)Nc4ccc(Br)cc4)CC3)cc2)cc1)Nc1ccccc1C(=O)O. The number of nitrogens with one attached hydrogen (secondary N) is 3. The minimum atomic E-state index is -1.10. The summed E-state index contributed by atoms with van der Waals surface area (Å²) in [4.78, 5) is 36.2. The van der Waals surface area contributed by atoms with Gasteiger partial charge in [-0.2, -0.15) is 0 Å². The molecule has 44 heavy (non-hydrogen) atoms. The molecule has 0 heterocycles. The molecule has 4 N–H and O–H groups in total. The largest absolute Gasteiger partial charge is 0.490 e. The van der Waals surface area contributed by atoms with Crippen molar-refractivity contribution in [2.45, 2.75) is 44.2 Å². The maximum absolute atomic E-state index is 12.5. The number of rotatable bonds is 10. The molecule has 1 saturated carbocycles. The molecule has 0 atom stereocenters. The van der Waals surface area contributed by atoms with E-state index in [1.807, 2.05) is 48.5 Å². The van der Waals surface area contributed by atoms with Crippen molar-refractivity contribution in [1.82, 2.24) is 5.32 Å². The number of benzene rings is 4. The Bertz CT molecular complexity index is 1590. The average molecular weight is 659 g/mol. The van der Waals surface area contributed by atoms with Gasteiger partial charge in [0.05, 0.1) is 23.8 Å². The number of carboxylic acids is 1. The number of urea groups is 1. The van der Waals surface area contributed by atoms with E-state index >= 15 is 0 Å². The highest BCUT2D eigenvalue weighted by Gasteiger charge is 2.24. The van der Waals surface area contributed by atoms with Gasteiger partial charge in [0.1, 0.15) is 17.2 Å². The molecule has 9 nitrogen and oxygen atoms in total. The van der Waals surface area contributed by atoms with E-state index in [2.05, 4.69) is 31.9 Å². The van der Waals surface area contributed by atoms with Gasteiger partial charge in [-0.1, -0.05) is 40.2 Å². The predicted octanol–water partition coefficient (Wildman–Crippen LogP) is 7.63. The molecule has 4 aromatic carbocycles. The monoisotopic (exact) mass is 657 g/mol. The Morgan fingerprint density at radius 1 is 0.750 bits per heavy atom. The Kier molecular flexibility index (Phi) is 10.1. The molecule has 5 rings (SSSR count). The molecule has 10 heteroatoms. The summed E-state index contributed by atoms with van der Waals surface area (Å²) in [7, 11) is 0. The van der Waals surface area contributed by atoms with Gasteiger partial charge < -0.3 is 30.5 Å². The molecule has 226 valence electrons. The molecule has 0 unspecified atom stereocenters. The average Bonchev–Trinajstić information content (AvgIpc) is 3.01. The molecule has 1 aliphatic rings. The van der Waals surface area contributed by atoms with E-state index in [0.717, 1.165) is 47.2 Å². The highest BCUT2D eigenvalue weighted by molar-refractivity contribution is 9.10. The lowest BCUT2D eigenvalue weighted by Crippen LogP contribution is -2.41. The first kappa shape index (κ1) is 30.6. The van der Waals surface area contributed by atoms with Crippen LogP contribution in [-0.2, 0) is 11.2 Å². The van der Waals surface area contributed by atoms with Crippen LogP contribution in [0.15, 0.2) is 102 Å². The van der Waals surface area contributed by atoms with Gasteiger partial charge in [0, 0.05) is 16.2 Å². The lowest BCUT2D eigenvalue weighted by atomic mass is 9.93. The van der Waals surface area contributed by atoms with Gasteiger partial charge in [0.15, 0.2) is 0 Å². The Labute approximate surface area is 263 Å². The summed E-state index contributed by atoms with van der Waals surface area (Å²) in [5, 5.41) is 17.9. The van der Waals surface area contributed by atoms with Crippen molar-refractivity contribution in [2.75, 3.05) is 10.6 Å². The van der Waals surface area contributed by atoms with Gasteiger partial charge >= 0.3 is 12.0 Å². The van der Waals surface area contributed by atoms with E-state index < -0.39 is 5.97 Å². The van der Waals surface area contributed by atoms with Crippen molar-refractivity contribution in [2.24, 2.45) is 0 Å². The molecule has 0 saturated heterocycles. The molecule has 1 aliphatic carbocycles. The second-order valence-electron chi connectivity index (χ2n) is 10.5. The lowest BCUT2D eigenvalue weighted by Gasteiger charge is -2.29. The molecule has 0 spiro atoms. The lowest BCUT2D eigenvalue weighted by molar-refractivity contribution is -0.115. The first-order chi connectivity index (χ1) is 21.3. The van der Waals surface area contributed by atoms with Crippen LogP contribution in [0.25, 0.3) is 0 Å². The van der Waals surface area contributed by atoms with Crippen molar-refractivity contribution in [3.8, 4) is 17.2 Å². The second kappa shape index (κ2) is 14.6. The smallest absolute Gasteiger partial charge is 0.337 e. The summed E-state index contributed by atoms with van der Waals surface area (Å²) in [6.07, 6.45) is 3.55. The Balaban J connectivity index is 1.04.